The van der Waals surface area contributed by atoms with Crippen LogP contribution in [0.3, 0.4) is 0 Å². The molecule has 4 fully saturated rings. The molecule has 4 aliphatic rings. The number of ether oxygens (including phenoxy) is 4. The van der Waals surface area contributed by atoms with Crippen LogP contribution in [0.1, 0.15) is 25.7 Å². The van der Waals surface area contributed by atoms with Gasteiger partial charge in [-0.3, -0.25) is 20.6 Å². The summed E-state index contributed by atoms with van der Waals surface area (Å²) in [6.07, 6.45) is 4.95. The number of carbonyl (C=O) groups excluding carboxylic acids is 2. The predicted molar refractivity (Wildman–Crippen MR) is 144 cm³/mol. The van der Waals surface area contributed by atoms with Gasteiger partial charge in [0.15, 0.2) is 23.7 Å². The Balaban J connectivity index is 0.952. The zero-order valence-electron chi connectivity index (χ0n) is 21.2. The Morgan fingerprint density at radius 1 is 0.825 bits per heavy atom. The smallest absolute Gasteiger partial charge is 0.340 e. The maximum atomic E-state index is 12.7. The SMILES string of the molecule is O=C(OC12CC1CC(COc1cncc(Br)c1)N2)C(O)C(O)C(=O)OC12CC1CC(COc1cncc(Br)c1)N2. The van der Waals surface area contributed by atoms with Crippen LogP contribution in [0, 0.1) is 11.8 Å². The number of piperidine rings is 2. The van der Waals surface area contributed by atoms with Crippen LogP contribution in [0.25, 0.3) is 0 Å². The molecule has 2 aliphatic heterocycles. The first-order valence-electron chi connectivity index (χ1n) is 13.0. The molecular formula is C26H28Br2N4O8. The van der Waals surface area contributed by atoms with Gasteiger partial charge in [-0.05, 0) is 56.8 Å². The molecule has 8 unspecified atom stereocenters. The van der Waals surface area contributed by atoms with E-state index in [1.54, 1.807) is 36.9 Å². The van der Waals surface area contributed by atoms with Crippen molar-refractivity contribution >= 4 is 43.8 Å². The van der Waals surface area contributed by atoms with Crippen LogP contribution in [0.2, 0.25) is 0 Å². The average Bonchev–Trinajstić information content (AvgIpc) is 3.69. The van der Waals surface area contributed by atoms with E-state index in [0.717, 1.165) is 8.95 Å². The first-order valence-corrected chi connectivity index (χ1v) is 14.6. The van der Waals surface area contributed by atoms with E-state index >= 15 is 0 Å². The number of hydrogen-bond donors (Lipinski definition) is 4. The summed E-state index contributed by atoms with van der Waals surface area (Å²) >= 11 is 6.69. The summed E-state index contributed by atoms with van der Waals surface area (Å²) in [5, 5.41) is 27.3. The fourth-order valence-corrected chi connectivity index (χ4v) is 6.30. The summed E-state index contributed by atoms with van der Waals surface area (Å²) < 4.78 is 24.2. The minimum atomic E-state index is -2.08. The van der Waals surface area contributed by atoms with Gasteiger partial charge in [0.05, 0.1) is 12.4 Å². The number of aliphatic hydroxyl groups excluding tert-OH is 2. The van der Waals surface area contributed by atoms with Crippen LogP contribution in [0.4, 0.5) is 0 Å². The number of rotatable bonds is 11. The van der Waals surface area contributed by atoms with Crippen LogP contribution >= 0.6 is 31.9 Å². The van der Waals surface area contributed by atoms with E-state index < -0.39 is 35.6 Å². The lowest BCUT2D eigenvalue weighted by Crippen LogP contribution is -2.49. The van der Waals surface area contributed by atoms with Gasteiger partial charge in [0, 0.05) is 58.1 Å². The molecule has 0 amide bonds. The second kappa shape index (κ2) is 10.8. The lowest BCUT2D eigenvalue weighted by molar-refractivity contribution is -0.183. The van der Waals surface area contributed by atoms with Crippen molar-refractivity contribution in [3.05, 3.63) is 45.9 Å². The Labute approximate surface area is 246 Å². The monoisotopic (exact) mass is 682 g/mol. The second-order valence-corrected chi connectivity index (χ2v) is 12.6. The largest absolute Gasteiger partial charge is 0.490 e. The molecule has 14 heteroatoms. The number of aromatic nitrogens is 2. The molecule has 0 spiro atoms. The van der Waals surface area contributed by atoms with Crippen molar-refractivity contribution in [2.75, 3.05) is 13.2 Å². The predicted octanol–water partition coefficient (Wildman–Crippen LogP) is 1.42. The van der Waals surface area contributed by atoms with Crippen LogP contribution in [0.5, 0.6) is 11.5 Å². The molecule has 2 saturated heterocycles. The maximum Gasteiger partial charge on any atom is 0.340 e. The lowest BCUT2D eigenvalue weighted by Gasteiger charge is -2.24. The van der Waals surface area contributed by atoms with Gasteiger partial charge in [0.25, 0.3) is 0 Å². The Kier molecular flexibility index (Phi) is 7.51. The summed E-state index contributed by atoms with van der Waals surface area (Å²) in [6, 6.07) is 3.45. The summed E-state index contributed by atoms with van der Waals surface area (Å²) in [6.45, 7) is 0.682. The first kappa shape index (κ1) is 27.8. The van der Waals surface area contributed by atoms with E-state index in [-0.39, 0.29) is 23.9 Å². The third-order valence-electron chi connectivity index (χ3n) is 7.74. The van der Waals surface area contributed by atoms with E-state index in [0.29, 0.717) is 50.4 Å². The van der Waals surface area contributed by atoms with E-state index in [9.17, 15) is 19.8 Å². The van der Waals surface area contributed by atoms with Crippen molar-refractivity contribution in [3.8, 4) is 11.5 Å². The van der Waals surface area contributed by atoms with Gasteiger partial charge in [0.1, 0.15) is 24.7 Å². The molecule has 214 valence electrons. The van der Waals surface area contributed by atoms with E-state index in [4.69, 9.17) is 18.9 Å². The molecule has 12 nitrogen and oxygen atoms in total. The number of nitrogens with zero attached hydrogens (tertiary/aromatic N) is 2. The quantitative estimate of drug-likeness (QED) is 0.253. The zero-order valence-corrected chi connectivity index (χ0v) is 24.3. The van der Waals surface area contributed by atoms with Crippen molar-refractivity contribution < 1.29 is 38.7 Å². The number of hydrogen-bond acceptors (Lipinski definition) is 12. The van der Waals surface area contributed by atoms with Crippen LogP contribution in [0.15, 0.2) is 45.9 Å². The van der Waals surface area contributed by atoms with Gasteiger partial charge in [-0.15, -0.1) is 0 Å². The Morgan fingerprint density at radius 3 is 1.65 bits per heavy atom. The number of esters is 2. The Bertz CT molecular complexity index is 1210. The first-order chi connectivity index (χ1) is 19.1. The number of pyridine rings is 2. The van der Waals surface area contributed by atoms with E-state index in [2.05, 4.69) is 52.5 Å². The van der Waals surface area contributed by atoms with Gasteiger partial charge < -0.3 is 29.2 Å². The minimum Gasteiger partial charge on any atom is -0.490 e. The minimum absolute atomic E-state index is 0.0581. The normalized spacial score (nSPS) is 32.8. The van der Waals surface area contributed by atoms with E-state index in [1.165, 1.54) is 0 Å². The molecule has 2 aliphatic carbocycles. The summed E-state index contributed by atoms with van der Waals surface area (Å²) in [5.74, 6) is -0.847. The maximum absolute atomic E-state index is 12.7. The van der Waals surface area contributed by atoms with Crippen LogP contribution < -0.4 is 20.1 Å². The van der Waals surface area contributed by atoms with Crippen LogP contribution in [-0.2, 0) is 19.1 Å². The van der Waals surface area contributed by atoms with Gasteiger partial charge in [-0.2, -0.15) is 0 Å². The van der Waals surface area contributed by atoms with Crippen LogP contribution in [-0.4, -0.2) is 81.1 Å². The highest BCUT2D eigenvalue weighted by molar-refractivity contribution is 9.10. The fourth-order valence-electron chi connectivity index (χ4n) is 5.61. The van der Waals surface area contributed by atoms with Crippen molar-refractivity contribution in [2.45, 2.75) is 61.4 Å². The topological polar surface area (TPSA) is 161 Å². The van der Waals surface area contributed by atoms with Gasteiger partial charge >= 0.3 is 11.9 Å². The molecule has 0 radical (unpaired) electrons. The molecule has 0 aromatic carbocycles. The zero-order chi connectivity index (χ0) is 28.1. The molecule has 2 saturated carbocycles. The molecule has 4 heterocycles. The number of aliphatic hydroxyl groups is 2. The summed E-state index contributed by atoms with van der Waals surface area (Å²) in [5.41, 5.74) is -1.87. The highest BCUT2D eigenvalue weighted by Crippen LogP contribution is 2.54. The molecule has 2 aromatic rings. The van der Waals surface area contributed by atoms with Crippen molar-refractivity contribution in [1.82, 2.24) is 20.6 Å². The Morgan fingerprint density at radius 2 is 1.25 bits per heavy atom. The molecule has 40 heavy (non-hydrogen) atoms. The number of carbonyl (C=O) groups is 2. The highest BCUT2D eigenvalue weighted by atomic mass is 79.9. The molecular weight excluding hydrogens is 656 g/mol. The van der Waals surface area contributed by atoms with Crippen molar-refractivity contribution in [2.24, 2.45) is 11.8 Å². The van der Waals surface area contributed by atoms with Crippen molar-refractivity contribution in [3.63, 3.8) is 0 Å². The molecule has 6 rings (SSSR count). The van der Waals surface area contributed by atoms with E-state index in [1.807, 2.05) is 0 Å². The summed E-state index contributed by atoms with van der Waals surface area (Å²) in [4.78, 5) is 33.4. The lowest BCUT2D eigenvalue weighted by atomic mass is 10.2. The molecule has 0 bridgehead atoms. The average molecular weight is 684 g/mol. The standard InChI is InChI=1S/C26H28Br2N4O8/c27-15-3-19(9-29-7-15)37-11-17-1-13-5-25(13,31-17)39-23(35)21(33)22(34)24(36)40-26-6-14(26)2-18(32-26)12-38-20-4-16(28)8-30-10-20/h3-4,7-10,13-14,17-18,21-22,31-34H,1-2,5-6,11-12H2. The molecule has 8 atom stereocenters. The Hall–Kier alpha value is -2.36. The van der Waals surface area contributed by atoms with Crippen molar-refractivity contribution in [1.29, 1.82) is 0 Å². The fraction of sp³-hybridized carbons (Fsp3) is 0.538. The van der Waals surface area contributed by atoms with Gasteiger partial charge in [-0.1, -0.05) is 0 Å². The summed E-state index contributed by atoms with van der Waals surface area (Å²) in [7, 11) is 0. The second-order valence-electron chi connectivity index (χ2n) is 10.8. The van der Waals surface area contributed by atoms with Gasteiger partial charge in [0.2, 0.25) is 0 Å². The number of fused-ring (bicyclic) bond motifs is 2. The molecule has 4 N–H and O–H groups in total. The molecule has 2 aromatic heterocycles. The number of halogens is 2. The van der Waals surface area contributed by atoms with Gasteiger partial charge in [-0.25, -0.2) is 9.59 Å². The third-order valence-corrected chi connectivity index (χ3v) is 8.61. The number of nitrogens with one attached hydrogen (secondary N) is 2. The third kappa shape index (κ3) is 5.83. The highest BCUT2D eigenvalue weighted by Gasteiger charge is 2.66.